The number of primary amides is 1. The number of aryl methyl sites for hydroxylation is 1. The van der Waals surface area contributed by atoms with Gasteiger partial charge in [-0.1, -0.05) is 36.7 Å². The van der Waals surface area contributed by atoms with Gasteiger partial charge < -0.3 is 14.7 Å². The molecular weight excluding hydrogens is 629 g/mol. The van der Waals surface area contributed by atoms with Crippen molar-refractivity contribution in [3.05, 3.63) is 79.8 Å². The van der Waals surface area contributed by atoms with Crippen LogP contribution in [-0.2, 0) is 23.0 Å². The molecule has 0 fully saturated rings. The first kappa shape index (κ1) is 28.6. The van der Waals surface area contributed by atoms with Crippen molar-refractivity contribution in [1.82, 2.24) is 9.55 Å². The molecule has 39 heavy (non-hydrogen) atoms. The Morgan fingerprint density at radius 3 is 2.54 bits per heavy atom. The highest BCUT2D eigenvalue weighted by Gasteiger charge is 2.46. The van der Waals surface area contributed by atoms with E-state index in [4.69, 9.17) is 21.8 Å². The second-order valence-corrected chi connectivity index (χ2v) is 11.2. The molecule has 1 amide bonds. The van der Waals surface area contributed by atoms with Gasteiger partial charge in [0.05, 0.1) is 24.8 Å². The van der Waals surface area contributed by atoms with Crippen LogP contribution in [0.2, 0.25) is 5.02 Å². The lowest BCUT2D eigenvalue weighted by molar-refractivity contribution is -0.0429. The van der Waals surface area contributed by atoms with E-state index in [1.165, 1.54) is 41.4 Å². The number of rotatable bonds is 8. The van der Waals surface area contributed by atoms with Gasteiger partial charge in [0.1, 0.15) is 16.5 Å². The molecule has 3 N–H and O–H groups in total. The largest absolute Gasteiger partial charge is 0.516 e. The number of halogens is 5. The summed E-state index contributed by atoms with van der Waals surface area (Å²) in [7, 11) is -5.75. The topological polar surface area (TPSA) is 137 Å². The average Bonchev–Trinajstić information content (AvgIpc) is 3.13. The number of carbonyl (C=O) groups is 1. The molecule has 0 saturated heterocycles. The number of hydrogen-bond donors (Lipinski definition) is 2. The van der Waals surface area contributed by atoms with E-state index in [1.807, 2.05) is 6.92 Å². The number of hydrogen-bond acceptors (Lipinski definition) is 6. The quantitative estimate of drug-likeness (QED) is 0.263. The summed E-state index contributed by atoms with van der Waals surface area (Å²) in [5.74, 6) is -0.773. The number of sulfonamides is 1. The lowest BCUT2D eigenvalue weighted by atomic mass is 10.0. The molecule has 0 radical (unpaired) electrons. The summed E-state index contributed by atoms with van der Waals surface area (Å²) in [6.07, 6.45) is 3.59. The van der Waals surface area contributed by atoms with E-state index in [1.54, 1.807) is 10.8 Å². The molecule has 1 aromatic heterocycles. The van der Waals surface area contributed by atoms with Crippen LogP contribution in [0.15, 0.2) is 56.5 Å². The van der Waals surface area contributed by atoms with Crippen molar-refractivity contribution < 1.29 is 30.8 Å². The molecule has 0 unspecified atom stereocenters. The van der Waals surface area contributed by atoms with Gasteiger partial charge in [-0.2, -0.15) is 26.6 Å². The third-order valence-electron chi connectivity index (χ3n) is 5.85. The molecule has 4 rings (SSSR count). The molecule has 206 valence electrons. The molecule has 1 aliphatic heterocycles. The normalized spacial score (nSPS) is 12.2. The number of para-hydroxylation sites is 1. The maximum Gasteiger partial charge on any atom is 0.516 e. The number of carbonyl (C=O) groups excluding carboxylic acids is 1. The second kappa shape index (κ2) is 10.7. The maximum absolute atomic E-state index is 13.2. The molecule has 0 bridgehead atoms. The molecule has 2 heterocycles. The van der Waals surface area contributed by atoms with E-state index in [0.717, 1.165) is 0 Å². The summed E-state index contributed by atoms with van der Waals surface area (Å²) in [6.45, 7) is 1.68. The Kier molecular flexibility index (Phi) is 7.83. The summed E-state index contributed by atoms with van der Waals surface area (Å²) in [5.41, 5.74) is 0.477. The van der Waals surface area contributed by atoms with Crippen molar-refractivity contribution in [2.45, 2.75) is 31.8 Å². The zero-order chi connectivity index (χ0) is 28.7. The van der Waals surface area contributed by atoms with Gasteiger partial charge in [-0.15, -0.1) is 0 Å². The molecule has 15 heteroatoms. The van der Waals surface area contributed by atoms with Gasteiger partial charge in [-0.05, 0) is 45.6 Å². The summed E-state index contributed by atoms with van der Waals surface area (Å²) < 4.78 is 72.2. The fraction of sp³-hybridized carbons (Fsp3) is 0.208. The Bertz CT molecular complexity index is 1720. The zero-order valence-electron chi connectivity index (χ0n) is 20.0. The van der Waals surface area contributed by atoms with Gasteiger partial charge in [-0.3, -0.25) is 14.3 Å². The van der Waals surface area contributed by atoms with Gasteiger partial charge >= 0.3 is 15.5 Å². The summed E-state index contributed by atoms with van der Waals surface area (Å²) >= 11 is 9.63. The van der Waals surface area contributed by atoms with Crippen molar-refractivity contribution in [2.24, 2.45) is 5.73 Å². The Labute approximate surface area is 233 Å². The molecule has 0 atom stereocenters. The fourth-order valence-corrected chi connectivity index (χ4v) is 5.78. The average molecular weight is 648 g/mol. The minimum Gasteiger partial charge on any atom is -0.472 e. The molecule has 2 aromatic rings. The van der Waals surface area contributed by atoms with Crippen LogP contribution in [0.5, 0.6) is 0 Å². The first-order chi connectivity index (χ1) is 18.3. The predicted octanol–water partition coefficient (Wildman–Crippen LogP) is 5.39. The number of nitrogens with two attached hydrogens (primary N) is 1. The first-order valence-corrected chi connectivity index (χ1v) is 13.9. The molecule has 0 saturated carbocycles. The number of nitrogens with one attached hydrogen (secondary N) is 1. The standard InChI is InChI=1S/C24H19BrClF3N4O5S/c1-2-5-17-31-23(35)20(26)21(22(30)34)33(17)10-14-12-8-9-38-11-15(12)19(25)18(14)13-6-3-4-7-16(13)32-39(36,37)24(27,28)29/h3-4,6-9,11,32H,2,5,10H2,1H3,(H2,30,34). The molecule has 0 spiro atoms. The van der Waals surface area contributed by atoms with E-state index < -0.39 is 32.0 Å². The van der Waals surface area contributed by atoms with Gasteiger partial charge in [0.25, 0.3) is 11.5 Å². The first-order valence-electron chi connectivity index (χ1n) is 11.2. The van der Waals surface area contributed by atoms with Crippen LogP contribution in [0, 0.1) is 0 Å². The molecule has 2 aliphatic rings. The van der Waals surface area contributed by atoms with Crippen LogP contribution in [0.4, 0.5) is 18.9 Å². The van der Waals surface area contributed by atoms with Gasteiger partial charge in [0.2, 0.25) is 0 Å². The minimum absolute atomic E-state index is 0.0983. The van der Waals surface area contributed by atoms with Crippen LogP contribution in [0.3, 0.4) is 0 Å². The van der Waals surface area contributed by atoms with Crippen molar-refractivity contribution in [3.8, 4) is 22.3 Å². The summed E-state index contributed by atoms with van der Waals surface area (Å²) in [5, 5.41) is -0.479. The number of alkyl halides is 3. The lowest BCUT2D eigenvalue weighted by Gasteiger charge is -2.19. The van der Waals surface area contributed by atoms with E-state index in [0.29, 0.717) is 33.1 Å². The van der Waals surface area contributed by atoms with Crippen LogP contribution >= 0.6 is 27.5 Å². The zero-order valence-corrected chi connectivity index (χ0v) is 23.1. The van der Waals surface area contributed by atoms with Crippen molar-refractivity contribution in [1.29, 1.82) is 0 Å². The lowest BCUT2D eigenvalue weighted by Crippen LogP contribution is -2.30. The molecular formula is C24H19BrClF3N4O5S. The van der Waals surface area contributed by atoms with Gasteiger partial charge in [-0.25, -0.2) is 0 Å². The molecule has 9 nitrogen and oxygen atoms in total. The number of amides is 1. The fourth-order valence-electron chi connectivity index (χ4n) is 4.20. The number of fused-ring (bicyclic) bond motifs is 1. The Morgan fingerprint density at radius 2 is 1.90 bits per heavy atom. The SMILES string of the molecule is CCCc1nc(=O)c(Cl)c(C(N)=O)n1Cc1c2ccocc-2c(Br)c1-c1ccccc1NS(=O)(=O)C(F)(F)F. The van der Waals surface area contributed by atoms with Crippen LogP contribution in [0.1, 0.15) is 35.2 Å². The second-order valence-electron chi connectivity index (χ2n) is 8.34. The van der Waals surface area contributed by atoms with E-state index in [-0.39, 0.29) is 35.7 Å². The highest BCUT2D eigenvalue weighted by molar-refractivity contribution is 9.10. The van der Waals surface area contributed by atoms with E-state index >= 15 is 0 Å². The number of aromatic nitrogens is 2. The van der Waals surface area contributed by atoms with Crippen molar-refractivity contribution in [2.75, 3.05) is 4.72 Å². The van der Waals surface area contributed by atoms with Crippen LogP contribution < -0.4 is 16.0 Å². The van der Waals surface area contributed by atoms with Gasteiger partial charge in [0, 0.05) is 27.6 Å². The predicted molar refractivity (Wildman–Crippen MR) is 142 cm³/mol. The highest BCUT2D eigenvalue weighted by atomic mass is 79.9. The van der Waals surface area contributed by atoms with E-state index in [2.05, 4.69) is 20.9 Å². The molecule has 1 aliphatic carbocycles. The number of benzene rings is 1. The Morgan fingerprint density at radius 1 is 1.21 bits per heavy atom. The number of anilines is 1. The third kappa shape index (κ3) is 5.28. The Balaban J connectivity index is 2.03. The van der Waals surface area contributed by atoms with Crippen LogP contribution in [0.25, 0.3) is 22.3 Å². The van der Waals surface area contributed by atoms with Gasteiger partial charge in [0.15, 0.2) is 0 Å². The van der Waals surface area contributed by atoms with Crippen molar-refractivity contribution >= 4 is 49.1 Å². The Hall–Kier alpha value is -3.36. The van der Waals surface area contributed by atoms with Crippen molar-refractivity contribution in [3.63, 3.8) is 0 Å². The third-order valence-corrected chi connectivity index (χ3v) is 8.11. The smallest absolute Gasteiger partial charge is 0.472 e. The monoisotopic (exact) mass is 646 g/mol. The summed E-state index contributed by atoms with van der Waals surface area (Å²) in [6, 6.07) is 7.12. The van der Waals surface area contributed by atoms with Crippen LogP contribution in [-0.4, -0.2) is 29.4 Å². The maximum atomic E-state index is 13.2. The van der Waals surface area contributed by atoms with E-state index in [9.17, 15) is 31.2 Å². The number of nitrogens with zero attached hydrogens (tertiary/aromatic N) is 2. The summed E-state index contributed by atoms with van der Waals surface area (Å²) in [4.78, 5) is 28.8. The highest BCUT2D eigenvalue weighted by Crippen LogP contribution is 2.48. The molecule has 1 aromatic carbocycles. The minimum atomic E-state index is -5.75.